The molecular formula is C8H12N2O2. The minimum atomic E-state index is -0.326. The molecule has 3 N–H and O–H groups in total. The van der Waals surface area contributed by atoms with Crippen LogP contribution in [0.2, 0.25) is 0 Å². The SMILES string of the molecule is CCOC(=O)C1=CNC(N)C=C1. The summed E-state index contributed by atoms with van der Waals surface area (Å²) in [5.74, 6) is -0.326. The summed E-state index contributed by atoms with van der Waals surface area (Å²) in [4.78, 5) is 11.1. The van der Waals surface area contributed by atoms with Crippen LogP contribution in [0.1, 0.15) is 6.92 Å². The van der Waals surface area contributed by atoms with Crippen molar-refractivity contribution in [2.75, 3.05) is 6.61 Å². The zero-order chi connectivity index (χ0) is 8.97. The van der Waals surface area contributed by atoms with Gasteiger partial charge in [0.2, 0.25) is 0 Å². The molecular weight excluding hydrogens is 156 g/mol. The van der Waals surface area contributed by atoms with Gasteiger partial charge in [0, 0.05) is 6.20 Å². The van der Waals surface area contributed by atoms with Crippen molar-refractivity contribution in [1.82, 2.24) is 5.32 Å². The summed E-state index contributed by atoms with van der Waals surface area (Å²) in [5, 5.41) is 2.80. The van der Waals surface area contributed by atoms with Crippen molar-refractivity contribution in [1.29, 1.82) is 0 Å². The maximum Gasteiger partial charge on any atom is 0.339 e. The zero-order valence-electron chi connectivity index (χ0n) is 6.91. The van der Waals surface area contributed by atoms with Crippen molar-refractivity contribution in [2.45, 2.75) is 13.1 Å². The number of hydrogen-bond donors (Lipinski definition) is 2. The average Bonchev–Trinajstić information content (AvgIpc) is 2.06. The van der Waals surface area contributed by atoms with E-state index in [2.05, 4.69) is 5.32 Å². The Labute approximate surface area is 71.1 Å². The van der Waals surface area contributed by atoms with Crippen molar-refractivity contribution in [3.63, 3.8) is 0 Å². The Morgan fingerprint density at radius 2 is 2.58 bits per heavy atom. The van der Waals surface area contributed by atoms with Crippen molar-refractivity contribution in [3.8, 4) is 0 Å². The number of ether oxygens (including phenoxy) is 1. The van der Waals surface area contributed by atoms with Crippen molar-refractivity contribution >= 4 is 5.97 Å². The standard InChI is InChI=1S/C8H12N2O2/c1-2-12-8(11)6-3-4-7(9)10-5-6/h3-5,7,10H,2,9H2,1H3. The van der Waals surface area contributed by atoms with E-state index in [1.54, 1.807) is 25.3 Å². The van der Waals surface area contributed by atoms with Crippen LogP contribution in [0.3, 0.4) is 0 Å². The van der Waals surface area contributed by atoms with Crippen molar-refractivity contribution in [3.05, 3.63) is 23.9 Å². The van der Waals surface area contributed by atoms with Gasteiger partial charge in [-0.25, -0.2) is 4.79 Å². The highest BCUT2D eigenvalue weighted by Crippen LogP contribution is 2.03. The molecule has 1 rings (SSSR count). The molecule has 0 spiro atoms. The van der Waals surface area contributed by atoms with E-state index in [-0.39, 0.29) is 12.1 Å². The lowest BCUT2D eigenvalue weighted by molar-refractivity contribution is -0.138. The van der Waals surface area contributed by atoms with Gasteiger partial charge in [0.25, 0.3) is 0 Å². The molecule has 0 amide bonds. The molecule has 0 radical (unpaired) electrons. The van der Waals surface area contributed by atoms with E-state index >= 15 is 0 Å². The molecule has 0 aromatic carbocycles. The summed E-state index contributed by atoms with van der Waals surface area (Å²) in [6.45, 7) is 2.15. The fraction of sp³-hybridized carbons (Fsp3) is 0.375. The number of esters is 1. The Hall–Kier alpha value is -1.29. The summed E-state index contributed by atoms with van der Waals surface area (Å²) in [6, 6.07) is 0. The molecule has 0 saturated carbocycles. The number of dihydropyridines is 1. The van der Waals surface area contributed by atoms with Gasteiger partial charge in [-0.05, 0) is 19.1 Å². The largest absolute Gasteiger partial charge is 0.462 e. The summed E-state index contributed by atoms with van der Waals surface area (Å²) in [7, 11) is 0. The van der Waals surface area contributed by atoms with Crippen molar-refractivity contribution < 1.29 is 9.53 Å². The van der Waals surface area contributed by atoms with E-state index in [4.69, 9.17) is 10.5 Å². The van der Waals surface area contributed by atoms with E-state index in [0.717, 1.165) is 0 Å². The lowest BCUT2D eigenvalue weighted by Gasteiger charge is -2.13. The third-order valence-electron chi connectivity index (χ3n) is 1.43. The zero-order valence-corrected chi connectivity index (χ0v) is 6.91. The molecule has 1 heterocycles. The van der Waals surface area contributed by atoms with E-state index in [1.165, 1.54) is 0 Å². The molecule has 0 aromatic rings. The normalized spacial score (nSPS) is 21.2. The van der Waals surface area contributed by atoms with Gasteiger partial charge in [-0.15, -0.1) is 0 Å². The van der Waals surface area contributed by atoms with E-state index in [9.17, 15) is 4.79 Å². The average molecular weight is 168 g/mol. The van der Waals surface area contributed by atoms with E-state index in [0.29, 0.717) is 12.2 Å². The summed E-state index contributed by atoms with van der Waals surface area (Å²) >= 11 is 0. The second-order valence-electron chi connectivity index (χ2n) is 2.37. The van der Waals surface area contributed by atoms with Crippen LogP contribution in [0.5, 0.6) is 0 Å². The monoisotopic (exact) mass is 168 g/mol. The second-order valence-corrected chi connectivity index (χ2v) is 2.37. The van der Waals surface area contributed by atoms with E-state index in [1.807, 2.05) is 0 Å². The summed E-state index contributed by atoms with van der Waals surface area (Å²) < 4.78 is 4.78. The number of carbonyl (C=O) groups is 1. The molecule has 0 saturated heterocycles. The third-order valence-corrected chi connectivity index (χ3v) is 1.43. The Morgan fingerprint density at radius 3 is 3.08 bits per heavy atom. The summed E-state index contributed by atoms with van der Waals surface area (Å²) in [6.07, 6.45) is 4.71. The maximum atomic E-state index is 11.1. The van der Waals surface area contributed by atoms with Crippen molar-refractivity contribution in [2.24, 2.45) is 5.73 Å². The lowest BCUT2D eigenvalue weighted by atomic mass is 10.2. The maximum absolute atomic E-state index is 11.1. The first kappa shape index (κ1) is 8.80. The molecule has 1 unspecified atom stereocenters. The number of nitrogens with two attached hydrogens (primary N) is 1. The van der Waals surface area contributed by atoms with Crippen LogP contribution < -0.4 is 11.1 Å². The Kier molecular flexibility index (Phi) is 2.88. The van der Waals surface area contributed by atoms with Crippen LogP contribution in [-0.4, -0.2) is 18.7 Å². The number of rotatable bonds is 2. The third kappa shape index (κ3) is 2.10. The van der Waals surface area contributed by atoms with Crippen LogP contribution in [0.25, 0.3) is 0 Å². The van der Waals surface area contributed by atoms with Gasteiger partial charge in [0.05, 0.1) is 18.3 Å². The predicted octanol–water partition coefficient (Wildman–Crippen LogP) is -0.122. The van der Waals surface area contributed by atoms with Gasteiger partial charge in [0.15, 0.2) is 0 Å². The van der Waals surface area contributed by atoms with Gasteiger partial charge >= 0.3 is 5.97 Å². The number of hydrogen-bond acceptors (Lipinski definition) is 4. The quantitative estimate of drug-likeness (QED) is 0.564. The smallest absolute Gasteiger partial charge is 0.339 e. The summed E-state index contributed by atoms with van der Waals surface area (Å²) in [5.41, 5.74) is 5.98. The molecule has 1 aliphatic rings. The van der Waals surface area contributed by atoms with Crippen LogP contribution in [0.4, 0.5) is 0 Å². The fourth-order valence-electron chi connectivity index (χ4n) is 0.838. The second kappa shape index (κ2) is 3.92. The molecule has 0 aliphatic carbocycles. The highest BCUT2D eigenvalue weighted by molar-refractivity contribution is 5.91. The molecule has 66 valence electrons. The molecule has 0 bridgehead atoms. The molecule has 1 aliphatic heterocycles. The van der Waals surface area contributed by atoms with Crippen LogP contribution in [-0.2, 0) is 9.53 Å². The lowest BCUT2D eigenvalue weighted by Crippen LogP contribution is -2.34. The Balaban J connectivity index is 2.54. The highest BCUT2D eigenvalue weighted by Gasteiger charge is 2.10. The highest BCUT2D eigenvalue weighted by atomic mass is 16.5. The van der Waals surface area contributed by atoms with Gasteiger partial charge in [0.1, 0.15) is 0 Å². The molecule has 4 heteroatoms. The van der Waals surface area contributed by atoms with E-state index < -0.39 is 0 Å². The van der Waals surface area contributed by atoms with Gasteiger partial charge in [-0.2, -0.15) is 0 Å². The van der Waals surface area contributed by atoms with Gasteiger partial charge < -0.3 is 15.8 Å². The van der Waals surface area contributed by atoms with Crippen LogP contribution >= 0.6 is 0 Å². The topological polar surface area (TPSA) is 64.3 Å². The predicted molar refractivity (Wildman–Crippen MR) is 45.0 cm³/mol. The molecule has 0 fully saturated rings. The molecule has 12 heavy (non-hydrogen) atoms. The number of nitrogens with one attached hydrogen (secondary N) is 1. The van der Waals surface area contributed by atoms with Gasteiger partial charge in [-0.3, -0.25) is 0 Å². The molecule has 4 nitrogen and oxygen atoms in total. The number of carbonyl (C=O) groups excluding carboxylic acids is 1. The minimum absolute atomic E-state index is 0.205. The molecule has 1 atom stereocenters. The first-order valence-electron chi connectivity index (χ1n) is 3.81. The fourth-order valence-corrected chi connectivity index (χ4v) is 0.838. The molecule has 0 aromatic heterocycles. The minimum Gasteiger partial charge on any atom is -0.462 e. The van der Waals surface area contributed by atoms with Crippen LogP contribution in [0, 0.1) is 0 Å². The van der Waals surface area contributed by atoms with Crippen LogP contribution in [0.15, 0.2) is 23.9 Å². The Bertz CT molecular complexity index is 233. The first-order chi connectivity index (χ1) is 5.74. The Morgan fingerprint density at radius 1 is 1.83 bits per heavy atom. The first-order valence-corrected chi connectivity index (χ1v) is 3.81. The van der Waals surface area contributed by atoms with Gasteiger partial charge in [-0.1, -0.05) is 0 Å².